The number of hydrogen-bond donors (Lipinski definition) is 3. The fourth-order valence-electron chi connectivity index (χ4n) is 2.35. The highest BCUT2D eigenvalue weighted by Gasteiger charge is 2.49. The summed E-state index contributed by atoms with van der Waals surface area (Å²) in [6, 6.07) is 5.61. The predicted molar refractivity (Wildman–Crippen MR) is 89.0 cm³/mol. The molecule has 3 N–H and O–H groups in total. The molecule has 9 heteroatoms. The van der Waals surface area contributed by atoms with Crippen LogP contribution in [0.1, 0.15) is 19.4 Å². The predicted octanol–water partition coefficient (Wildman–Crippen LogP) is 1.06. The molecule has 1 unspecified atom stereocenters. The molecule has 0 aliphatic carbocycles. The quantitative estimate of drug-likeness (QED) is 0.661. The van der Waals surface area contributed by atoms with E-state index in [1.165, 1.54) is 0 Å². The van der Waals surface area contributed by atoms with E-state index >= 15 is 0 Å². The fraction of sp³-hybridized carbons (Fsp3) is 0.333. The normalized spacial score (nSPS) is 19.9. The van der Waals surface area contributed by atoms with Crippen molar-refractivity contribution in [1.82, 2.24) is 20.9 Å². The monoisotopic (exact) mass is 396 g/mol. The van der Waals surface area contributed by atoms with E-state index in [9.17, 15) is 19.2 Å². The molecule has 0 radical (unpaired) electrons. The van der Waals surface area contributed by atoms with Crippen LogP contribution in [-0.4, -0.2) is 41.9 Å². The van der Waals surface area contributed by atoms with Gasteiger partial charge in [-0.3, -0.25) is 19.8 Å². The van der Waals surface area contributed by atoms with Crippen molar-refractivity contribution in [2.24, 2.45) is 0 Å². The number of amides is 6. The number of nitrogens with zero attached hydrogens (tertiary/aromatic N) is 1. The number of halogens is 1. The third-order valence-electron chi connectivity index (χ3n) is 3.57. The second kappa shape index (κ2) is 7.00. The molecule has 24 heavy (non-hydrogen) atoms. The van der Waals surface area contributed by atoms with Gasteiger partial charge in [-0.25, -0.2) is 9.59 Å². The topological polar surface area (TPSA) is 108 Å². The number of imide groups is 2. The Bertz CT molecular complexity index is 708. The Morgan fingerprint density at radius 3 is 2.67 bits per heavy atom. The molecule has 0 aromatic heterocycles. The minimum atomic E-state index is -1.27. The van der Waals surface area contributed by atoms with Crippen LogP contribution in [0.5, 0.6) is 0 Å². The summed E-state index contributed by atoms with van der Waals surface area (Å²) in [5.74, 6) is -1.31. The van der Waals surface area contributed by atoms with E-state index in [0.717, 1.165) is 9.37 Å². The van der Waals surface area contributed by atoms with Gasteiger partial charge in [0.15, 0.2) is 0 Å². The highest BCUT2D eigenvalue weighted by molar-refractivity contribution is 9.10. The van der Waals surface area contributed by atoms with E-state index in [4.69, 9.17) is 0 Å². The lowest BCUT2D eigenvalue weighted by molar-refractivity contribution is -0.134. The molecule has 1 fully saturated rings. The molecule has 0 spiro atoms. The molecule has 1 aliphatic heterocycles. The molecule has 1 saturated heterocycles. The standard InChI is InChI=1S/C15H17BrN4O4/c1-3-17-13(23)18-11(21)8-20-12(22)15(2,19-14(20)24)9-5-4-6-10(16)7-9/h4-7H,3,8H2,1-2H3,(H,19,24)(H2,17,18,21,23). The number of carbonyl (C=O) groups excluding carboxylic acids is 4. The van der Waals surface area contributed by atoms with Crippen molar-refractivity contribution < 1.29 is 19.2 Å². The molecule has 0 saturated carbocycles. The number of urea groups is 2. The summed E-state index contributed by atoms with van der Waals surface area (Å²) in [6.07, 6.45) is 0. The molecule has 6 amide bonds. The summed E-state index contributed by atoms with van der Waals surface area (Å²) < 4.78 is 0.760. The molecule has 1 aromatic rings. The van der Waals surface area contributed by atoms with Gasteiger partial charge in [0.25, 0.3) is 5.91 Å². The lowest BCUT2D eigenvalue weighted by atomic mass is 9.92. The van der Waals surface area contributed by atoms with Crippen LogP contribution in [0.2, 0.25) is 0 Å². The summed E-state index contributed by atoms with van der Waals surface area (Å²) in [5, 5.41) is 7.04. The van der Waals surface area contributed by atoms with Crippen molar-refractivity contribution in [2.45, 2.75) is 19.4 Å². The molecule has 128 valence electrons. The molecule has 1 aliphatic rings. The van der Waals surface area contributed by atoms with E-state index < -0.39 is 36.0 Å². The van der Waals surface area contributed by atoms with Crippen molar-refractivity contribution in [3.63, 3.8) is 0 Å². The van der Waals surface area contributed by atoms with Crippen LogP contribution in [-0.2, 0) is 15.1 Å². The van der Waals surface area contributed by atoms with E-state index in [2.05, 4.69) is 31.9 Å². The van der Waals surface area contributed by atoms with Gasteiger partial charge in [-0.1, -0.05) is 28.1 Å². The number of benzene rings is 1. The zero-order valence-electron chi connectivity index (χ0n) is 13.2. The molecule has 1 atom stereocenters. The zero-order chi connectivity index (χ0) is 17.9. The Morgan fingerprint density at radius 2 is 2.04 bits per heavy atom. The summed E-state index contributed by atoms with van der Waals surface area (Å²) in [4.78, 5) is 48.7. The minimum Gasteiger partial charge on any atom is -0.338 e. The van der Waals surface area contributed by atoms with Crippen molar-refractivity contribution >= 4 is 39.8 Å². The number of hydrogen-bond acceptors (Lipinski definition) is 4. The van der Waals surface area contributed by atoms with E-state index in [1.807, 2.05) is 0 Å². The van der Waals surface area contributed by atoms with E-state index in [-0.39, 0.29) is 0 Å². The van der Waals surface area contributed by atoms with Gasteiger partial charge >= 0.3 is 12.1 Å². The third-order valence-corrected chi connectivity index (χ3v) is 4.06. The van der Waals surface area contributed by atoms with Crippen LogP contribution in [0.15, 0.2) is 28.7 Å². The SMILES string of the molecule is CCNC(=O)NC(=O)CN1C(=O)NC(C)(c2cccc(Br)c2)C1=O. The summed E-state index contributed by atoms with van der Waals surface area (Å²) in [6.45, 7) is 3.08. The van der Waals surface area contributed by atoms with Gasteiger partial charge in [-0.15, -0.1) is 0 Å². The minimum absolute atomic E-state index is 0.350. The molecular formula is C15H17BrN4O4. The van der Waals surface area contributed by atoms with Gasteiger partial charge in [0.05, 0.1) is 0 Å². The van der Waals surface area contributed by atoms with E-state index in [1.54, 1.807) is 38.1 Å². The van der Waals surface area contributed by atoms with Crippen LogP contribution >= 0.6 is 15.9 Å². The fourth-order valence-corrected chi connectivity index (χ4v) is 2.75. The average Bonchev–Trinajstić information content (AvgIpc) is 2.72. The first-order valence-electron chi connectivity index (χ1n) is 7.25. The van der Waals surface area contributed by atoms with Crippen molar-refractivity contribution in [3.8, 4) is 0 Å². The molecule has 8 nitrogen and oxygen atoms in total. The first kappa shape index (κ1) is 17.9. The van der Waals surface area contributed by atoms with Gasteiger partial charge in [0.1, 0.15) is 12.1 Å². The largest absolute Gasteiger partial charge is 0.338 e. The Balaban J connectivity index is 2.14. The van der Waals surface area contributed by atoms with Crippen molar-refractivity contribution in [3.05, 3.63) is 34.3 Å². The lowest BCUT2D eigenvalue weighted by Gasteiger charge is -2.22. The molecule has 2 rings (SSSR count). The first-order valence-corrected chi connectivity index (χ1v) is 8.05. The van der Waals surface area contributed by atoms with Gasteiger partial charge in [-0.2, -0.15) is 0 Å². The molecule has 0 bridgehead atoms. The molecule has 1 aromatic carbocycles. The Labute approximate surface area is 147 Å². The maximum absolute atomic E-state index is 12.6. The smallest absolute Gasteiger partial charge is 0.325 e. The van der Waals surface area contributed by atoms with Gasteiger partial charge < -0.3 is 10.6 Å². The lowest BCUT2D eigenvalue weighted by Crippen LogP contribution is -2.46. The first-order chi connectivity index (χ1) is 11.3. The second-order valence-corrected chi connectivity index (χ2v) is 6.28. The van der Waals surface area contributed by atoms with Crippen LogP contribution in [0.4, 0.5) is 9.59 Å². The third kappa shape index (κ3) is 3.56. The molecule has 1 heterocycles. The second-order valence-electron chi connectivity index (χ2n) is 5.36. The Morgan fingerprint density at radius 1 is 1.33 bits per heavy atom. The highest BCUT2D eigenvalue weighted by Crippen LogP contribution is 2.30. The maximum Gasteiger partial charge on any atom is 0.325 e. The van der Waals surface area contributed by atoms with Crippen molar-refractivity contribution in [1.29, 1.82) is 0 Å². The summed E-state index contributed by atoms with van der Waals surface area (Å²) in [7, 11) is 0. The molecular weight excluding hydrogens is 380 g/mol. The average molecular weight is 397 g/mol. The van der Waals surface area contributed by atoms with Gasteiger partial charge in [0.2, 0.25) is 5.91 Å². The van der Waals surface area contributed by atoms with Crippen molar-refractivity contribution in [2.75, 3.05) is 13.1 Å². The van der Waals surface area contributed by atoms with Crippen LogP contribution < -0.4 is 16.0 Å². The van der Waals surface area contributed by atoms with Gasteiger partial charge in [-0.05, 0) is 31.5 Å². The zero-order valence-corrected chi connectivity index (χ0v) is 14.8. The van der Waals surface area contributed by atoms with Crippen LogP contribution in [0, 0.1) is 0 Å². The maximum atomic E-state index is 12.6. The van der Waals surface area contributed by atoms with E-state index in [0.29, 0.717) is 12.1 Å². The highest BCUT2D eigenvalue weighted by atomic mass is 79.9. The Hall–Kier alpha value is -2.42. The Kier molecular flexibility index (Phi) is 5.23. The summed E-state index contributed by atoms with van der Waals surface area (Å²) in [5.41, 5.74) is -0.686. The van der Waals surface area contributed by atoms with Crippen LogP contribution in [0.25, 0.3) is 0 Å². The number of nitrogens with one attached hydrogen (secondary N) is 3. The number of carbonyl (C=O) groups is 4. The summed E-state index contributed by atoms with van der Waals surface area (Å²) >= 11 is 3.32. The number of rotatable bonds is 4. The van der Waals surface area contributed by atoms with Gasteiger partial charge in [0, 0.05) is 11.0 Å². The van der Waals surface area contributed by atoms with Crippen LogP contribution in [0.3, 0.4) is 0 Å².